The van der Waals surface area contributed by atoms with Crippen LogP contribution in [0.25, 0.3) is 11.3 Å². The van der Waals surface area contributed by atoms with Crippen molar-refractivity contribution in [1.29, 1.82) is 0 Å². The average molecular weight is 652 g/mol. The average Bonchev–Trinajstić information content (AvgIpc) is 3.50. The van der Waals surface area contributed by atoms with E-state index in [1.54, 1.807) is 27.7 Å². The number of nitrogens with zero attached hydrogens (tertiary/aromatic N) is 3. The molecule has 228 valence electrons. The molecule has 3 N–H and O–H groups in total. The second-order valence-corrected chi connectivity index (χ2v) is 15.8. The maximum absolute atomic E-state index is 14.6. The van der Waals surface area contributed by atoms with Gasteiger partial charge in [-0.2, -0.15) is 0 Å². The molecule has 0 aliphatic carbocycles. The van der Waals surface area contributed by atoms with E-state index in [9.17, 15) is 33.5 Å². The van der Waals surface area contributed by atoms with Gasteiger partial charge in [-0.05, 0) is 46.8 Å². The second kappa shape index (κ2) is 9.86. The zero-order valence-corrected chi connectivity index (χ0v) is 25.9. The zero-order valence-electron chi connectivity index (χ0n) is 23.5. The number of carbonyl (C=O) groups excluding carboxylic acids is 4. The number of fused-ring (bicyclic) bond motifs is 2. The van der Waals surface area contributed by atoms with Gasteiger partial charge < -0.3 is 30.1 Å². The highest BCUT2D eigenvalue weighted by Crippen LogP contribution is 2.53. The lowest BCUT2D eigenvalue weighted by Crippen LogP contribution is -2.74. The number of amides is 4. The topological polar surface area (TPSA) is 162 Å². The summed E-state index contributed by atoms with van der Waals surface area (Å²) >= 11 is 8.81. The van der Waals surface area contributed by atoms with E-state index in [2.05, 4.69) is 15.8 Å². The molecule has 1 aromatic carbocycles. The largest absolute Gasteiger partial charge is 0.480 e. The first-order chi connectivity index (χ1) is 20.1. The summed E-state index contributed by atoms with van der Waals surface area (Å²) in [6, 6.07) is 0.157. The maximum atomic E-state index is 14.6. The Morgan fingerprint density at radius 1 is 1.00 bits per heavy atom. The first kappa shape index (κ1) is 29.8. The number of carboxylic acid groups (broad SMARTS) is 1. The molecular formula is C27H27ClFN5O7S2. The molecule has 4 saturated heterocycles. The smallest absolute Gasteiger partial charge is 0.327 e. The quantitative estimate of drug-likeness (QED) is 0.395. The van der Waals surface area contributed by atoms with Gasteiger partial charge in [0.2, 0.25) is 17.7 Å². The third kappa shape index (κ3) is 4.33. The molecule has 2 aromatic rings. The van der Waals surface area contributed by atoms with Crippen LogP contribution in [0.1, 0.15) is 43.8 Å². The van der Waals surface area contributed by atoms with Crippen molar-refractivity contribution < 1.29 is 38.0 Å². The van der Waals surface area contributed by atoms with E-state index in [-0.39, 0.29) is 27.6 Å². The maximum Gasteiger partial charge on any atom is 0.327 e. The van der Waals surface area contributed by atoms with E-state index in [1.165, 1.54) is 58.4 Å². The molecule has 16 heteroatoms. The van der Waals surface area contributed by atoms with Gasteiger partial charge in [0.1, 0.15) is 57.7 Å². The molecular weight excluding hydrogens is 625 g/mol. The minimum Gasteiger partial charge on any atom is -0.480 e. The van der Waals surface area contributed by atoms with E-state index in [1.807, 2.05) is 0 Å². The van der Waals surface area contributed by atoms with E-state index in [4.69, 9.17) is 16.1 Å². The molecule has 0 radical (unpaired) electrons. The van der Waals surface area contributed by atoms with E-state index in [0.717, 1.165) is 0 Å². The SMILES string of the molecule is Cc1onc(-c2c(F)cccc2Cl)c1C(=O)N[C@@H]1C(=O)N2[C@@H]1SC(C)(C)[C@@H]2C(=O)N[C@@H]1C(=O)N2[C@@H]1SC(C)(C)[C@@H]2C(=O)O. The van der Waals surface area contributed by atoms with Crippen LogP contribution in [-0.4, -0.2) is 94.1 Å². The molecule has 12 nitrogen and oxygen atoms in total. The highest BCUT2D eigenvalue weighted by atomic mass is 35.5. The molecule has 6 atom stereocenters. The molecule has 0 bridgehead atoms. The lowest BCUT2D eigenvalue weighted by atomic mass is 9.93. The summed E-state index contributed by atoms with van der Waals surface area (Å²) in [5.41, 5.74) is -0.279. The first-order valence-corrected chi connectivity index (χ1v) is 15.4. The fraction of sp³-hybridized carbons (Fsp3) is 0.481. The van der Waals surface area contributed by atoms with E-state index < -0.39 is 79.8 Å². The van der Waals surface area contributed by atoms with Gasteiger partial charge in [-0.15, -0.1) is 23.5 Å². The van der Waals surface area contributed by atoms with Crippen LogP contribution in [0.5, 0.6) is 0 Å². The summed E-state index contributed by atoms with van der Waals surface area (Å²) in [7, 11) is 0. The number of nitrogens with one attached hydrogen (secondary N) is 2. The van der Waals surface area contributed by atoms with E-state index >= 15 is 0 Å². The van der Waals surface area contributed by atoms with Crippen LogP contribution in [0.3, 0.4) is 0 Å². The van der Waals surface area contributed by atoms with Crippen molar-refractivity contribution in [1.82, 2.24) is 25.6 Å². The Labute approximate surface area is 258 Å². The number of hydrogen-bond donors (Lipinski definition) is 3. The number of thioether (sulfide) groups is 2. The predicted molar refractivity (Wildman–Crippen MR) is 155 cm³/mol. The number of β-lactam (4-membered cyclic amide) rings is 2. The minimum absolute atomic E-state index is 0.0290. The Hall–Kier alpha value is -3.30. The first-order valence-electron chi connectivity index (χ1n) is 13.3. The molecule has 4 fully saturated rings. The van der Waals surface area contributed by atoms with Gasteiger partial charge in [0.25, 0.3) is 5.91 Å². The third-order valence-corrected chi connectivity index (χ3v) is 11.7. The number of aryl methyl sites for hydroxylation is 1. The Morgan fingerprint density at radius 3 is 2.14 bits per heavy atom. The van der Waals surface area contributed by atoms with E-state index in [0.29, 0.717) is 0 Å². The third-order valence-electron chi connectivity index (χ3n) is 8.24. The number of rotatable bonds is 6. The standard InChI is InChI=1S/C27H27ClFN5O7S2/c1-9-12(14(32-41-9)13-10(28)7-6-8-11(13)29)19(35)30-15-21(37)33-17(26(2,3)42-23(15)33)20(36)31-16-22(38)34-18(25(39)40)27(4,5)43-24(16)34/h6-8,15-18,23-24H,1-5H3,(H,30,35)(H,31,36)(H,39,40)/t15-,16-,17+,18+,23-,24-/m1/s1. The lowest BCUT2D eigenvalue weighted by molar-refractivity contribution is -0.162. The van der Waals surface area contributed by atoms with Crippen LogP contribution in [-0.2, 0) is 19.2 Å². The van der Waals surface area contributed by atoms with Crippen molar-refractivity contribution in [3.63, 3.8) is 0 Å². The van der Waals surface area contributed by atoms with Crippen molar-refractivity contribution in [2.24, 2.45) is 0 Å². The van der Waals surface area contributed by atoms with Crippen molar-refractivity contribution in [3.8, 4) is 11.3 Å². The van der Waals surface area contributed by atoms with Crippen LogP contribution < -0.4 is 10.6 Å². The summed E-state index contributed by atoms with van der Waals surface area (Å²) in [6.07, 6.45) is 0. The van der Waals surface area contributed by atoms with Crippen molar-refractivity contribution in [3.05, 3.63) is 40.4 Å². The lowest BCUT2D eigenvalue weighted by Gasteiger charge is -2.46. The number of hydrogen-bond acceptors (Lipinski definition) is 9. The molecule has 43 heavy (non-hydrogen) atoms. The van der Waals surface area contributed by atoms with Crippen LogP contribution in [0.15, 0.2) is 22.7 Å². The Kier molecular flexibility index (Phi) is 6.82. The van der Waals surface area contributed by atoms with Gasteiger partial charge in [-0.25, -0.2) is 9.18 Å². The number of carbonyl (C=O) groups is 5. The number of aliphatic carboxylic acids is 1. The predicted octanol–water partition coefficient (Wildman–Crippen LogP) is 2.23. The molecule has 1 aromatic heterocycles. The fourth-order valence-electron chi connectivity index (χ4n) is 6.30. The summed E-state index contributed by atoms with van der Waals surface area (Å²) in [4.78, 5) is 67.7. The molecule has 0 unspecified atom stereocenters. The molecule has 0 saturated carbocycles. The Morgan fingerprint density at radius 2 is 1.56 bits per heavy atom. The normalized spacial score (nSPS) is 29.8. The fourth-order valence-corrected chi connectivity index (χ4v) is 9.81. The number of carboxylic acids is 1. The zero-order chi connectivity index (χ0) is 31.3. The van der Waals surface area contributed by atoms with Gasteiger partial charge in [-0.1, -0.05) is 22.8 Å². The van der Waals surface area contributed by atoms with Crippen LogP contribution >= 0.6 is 35.1 Å². The highest BCUT2D eigenvalue weighted by molar-refractivity contribution is 8.02. The number of halogens is 2. The molecule has 6 rings (SSSR count). The van der Waals surface area contributed by atoms with Crippen LogP contribution in [0.2, 0.25) is 5.02 Å². The minimum atomic E-state index is -1.11. The van der Waals surface area contributed by atoms with Gasteiger partial charge in [0.05, 0.1) is 10.6 Å². The number of benzene rings is 1. The summed E-state index contributed by atoms with van der Waals surface area (Å²) < 4.78 is 18.3. The molecule has 4 amide bonds. The van der Waals surface area contributed by atoms with Gasteiger partial charge in [0, 0.05) is 9.49 Å². The Bertz CT molecular complexity index is 1600. The Balaban J connectivity index is 1.17. The number of aromatic nitrogens is 1. The van der Waals surface area contributed by atoms with Crippen molar-refractivity contribution >= 4 is 64.7 Å². The van der Waals surface area contributed by atoms with Gasteiger partial charge in [0.15, 0.2) is 0 Å². The summed E-state index contributed by atoms with van der Waals surface area (Å²) in [5, 5.41) is 17.8. The van der Waals surface area contributed by atoms with Crippen molar-refractivity contribution in [2.75, 3.05) is 0 Å². The molecule has 4 aliphatic rings. The monoisotopic (exact) mass is 651 g/mol. The summed E-state index contributed by atoms with van der Waals surface area (Å²) in [5.74, 6) is -3.96. The van der Waals surface area contributed by atoms with Crippen LogP contribution in [0.4, 0.5) is 4.39 Å². The van der Waals surface area contributed by atoms with Crippen molar-refractivity contribution in [2.45, 2.75) is 79.0 Å². The molecule has 5 heterocycles. The van der Waals surface area contributed by atoms with Gasteiger partial charge in [-0.3, -0.25) is 19.2 Å². The highest BCUT2D eigenvalue weighted by Gasteiger charge is 2.67. The summed E-state index contributed by atoms with van der Waals surface area (Å²) in [6.45, 7) is 8.54. The van der Waals surface area contributed by atoms with Gasteiger partial charge >= 0.3 is 5.97 Å². The molecule has 4 aliphatic heterocycles. The van der Waals surface area contributed by atoms with Crippen LogP contribution in [0, 0.1) is 12.7 Å². The molecule has 0 spiro atoms. The second-order valence-electron chi connectivity index (χ2n) is 11.9.